The van der Waals surface area contributed by atoms with Gasteiger partial charge in [-0.3, -0.25) is 0 Å². The molecule has 0 aliphatic carbocycles. The van der Waals surface area contributed by atoms with Crippen molar-refractivity contribution >= 4 is 21.8 Å². The number of hydrogen-bond donors (Lipinski definition) is 1. The van der Waals surface area contributed by atoms with Gasteiger partial charge in [-0.25, -0.2) is 4.57 Å². The van der Waals surface area contributed by atoms with Crippen molar-refractivity contribution in [2.75, 3.05) is 0 Å². The van der Waals surface area contributed by atoms with Crippen LogP contribution in [0.5, 0.6) is 0 Å². The van der Waals surface area contributed by atoms with E-state index in [9.17, 15) is 0 Å². The summed E-state index contributed by atoms with van der Waals surface area (Å²) >= 11 is 0. The van der Waals surface area contributed by atoms with Crippen LogP contribution in [-0.4, -0.2) is 4.98 Å². The van der Waals surface area contributed by atoms with Crippen LogP contribution >= 0.6 is 0 Å². The average molecular weight is 197 g/mol. The number of H-pyrrole nitrogens is 1. The quantitative estimate of drug-likeness (QED) is 0.534. The molecule has 0 amide bonds. The molecule has 2 aromatic heterocycles. The number of hydrogen-bond acceptors (Lipinski definition) is 0. The van der Waals surface area contributed by atoms with Crippen LogP contribution in [0.3, 0.4) is 0 Å². The Balaban J connectivity index is 2.59. The molecule has 3 aromatic rings. The maximum Gasteiger partial charge on any atom is 0.213 e. The number of aryl methyl sites for hydroxylation is 2. The van der Waals surface area contributed by atoms with E-state index in [0.717, 1.165) is 0 Å². The van der Waals surface area contributed by atoms with Gasteiger partial charge in [-0.05, 0) is 25.1 Å². The third-order valence-corrected chi connectivity index (χ3v) is 2.91. The van der Waals surface area contributed by atoms with Crippen LogP contribution in [0.2, 0.25) is 0 Å². The van der Waals surface area contributed by atoms with Crippen molar-refractivity contribution in [1.29, 1.82) is 0 Å². The lowest BCUT2D eigenvalue weighted by molar-refractivity contribution is -0.644. The highest BCUT2D eigenvalue weighted by molar-refractivity contribution is 6.04. The molecule has 0 atom stereocenters. The predicted molar refractivity (Wildman–Crippen MR) is 61.7 cm³/mol. The van der Waals surface area contributed by atoms with Gasteiger partial charge in [0.15, 0.2) is 6.20 Å². The normalized spacial score (nSPS) is 11.3. The zero-order valence-electron chi connectivity index (χ0n) is 8.91. The van der Waals surface area contributed by atoms with Gasteiger partial charge in [-0.1, -0.05) is 0 Å². The molecular formula is C13H13N2+. The number of nitrogens with zero attached hydrogens (tertiary/aromatic N) is 1. The Kier molecular flexibility index (Phi) is 1.60. The molecule has 1 aromatic carbocycles. The van der Waals surface area contributed by atoms with E-state index in [2.05, 4.69) is 60.1 Å². The van der Waals surface area contributed by atoms with E-state index in [4.69, 9.17) is 0 Å². The van der Waals surface area contributed by atoms with E-state index in [1.54, 1.807) is 0 Å². The molecule has 0 saturated heterocycles. The third kappa shape index (κ3) is 1.14. The van der Waals surface area contributed by atoms with Gasteiger partial charge >= 0.3 is 0 Å². The fourth-order valence-electron chi connectivity index (χ4n) is 2.19. The first kappa shape index (κ1) is 8.48. The average Bonchev–Trinajstić information content (AvgIpc) is 2.59. The summed E-state index contributed by atoms with van der Waals surface area (Å²) in [5, 5.41) is 2.61. The first-order chi connectivity index (χ1) is 7.25. The van der Waals surface area contributed by atoms with E-state index in [-0.39, 0.29) is 0 Å². The van der Waals surface area contributed by atoms with Gasteiger partial charge in [0.2, 0.25) is 5.52 Å². The van der Waals surface area contributed by atoms with Crippen molar-refractivity contribution in [3.8, 4) is 0 Å². The lowest BCUT2D eigenvalue weighted by Crippen LogP contribution is -2.27. The molecule has 0 radical (unpaired) electrons. The smallest absolute Gasteiger partial charge is 0.213 e. The van der Waals surface area contributed by atoms with Crippen LogP contribution in [0, 0.1) is 6.92 Å². The van der Waals surface area contributed by atoms with Crippen LogP contribution in [-0.2, 0) is 7.05 Å². The highest BCUT2D eigenvalue weighted by Gasteiger charge is 2.08. The van der Waals surface area contributed by atoms with Crippen molar-refractivity contribution in [3.63, 3.8) is 0 Å². The number of pyridine rings is 1. The summed E-state index contributed by atoms with van der Waals surface area (Å²) in [4.78, 5) is 3.36. The van der Waals surface area contributed by atoms with Crippen molar-refractivity contribution < 1.29 is 4.57 Å². The summed E-state index contributed by atoms with van der Waals surface area (Å²) in [5.41, 5.74) is 3.69. The molecule has 0 bridgehead atoms. The van der Waals surface area contributed by atoms with Crippen molar-refractivity contribution in [1.82, 2.24) is 4.98 Å². The van der Waals surface area contributed by atoms with Crippen LogP contribution in [0.1, 0.15) is 5.69 Å². The summed E-state index contributed by atoms with van der Waals surface area (Å²) in [7, 11) is 2.08. The molecule has 0 aliphatic heterocycles. The Bertz CT molecular complexity index is 650. The zero-order chi connectivity index (χ0) is 10.4. The molecule has 0 spiro atoms. The van der Waals surface area contributed by atoms with E-state index in [0.29, 0.717) is 0 Å². The van der Waals surface area contributed by atoms with Crippen molar-refractivity contribution in [2.45, 2.75) is 6.92 Å². The number of aromatic amines is 1. The van der Waals surface area contributed by atoms with Gasteiger partial charge in [0.25, 0.3) is 0 Å². The fourth-order valence-corrected chi connectivity index (χ4v) is 2.19. The molecule has 2 nitrogen and oxygen atoms in total. The first-order valence-electron chi connectivity index (χ1n) is 5.12. The molecule has 0 fully saturated rings. The molecule has 15 heavy (non-hydrogen) atoms. The summed E-state index contributed by atoms with van der Waals surface area (Å²) in [6, 6.07) is 10.8. The number of rotatable bonds is 0. The molecule has 1 N–H and O–H groups in total. The second-order valence-electron chi connectivity index (χ2n) is 4.03. The number of fused-ring (bicyclic) bond motifs is 3. The highest BCUT2D eigenvalue weighted by Crippen LogP contribution is 2.23. The van der Waals surface area contributed by atoms with Gasteiger partial charge in [0, 0.05) is 28.7 Å². The highest BCUT2D eigenvalue weighted by atomic mass is 14.9. The lowest BCUT2D eigenvalue weighted by Gasteiger charge is -1.97. The second-order valence-corrected chi connectivity index (χ2v) is 4.03. The summed E-state index contributed by atoms with van der Waals surface area (Å²) in [6.07, 6.45) is 2.08. The number of nitrogens with one attached hydrogen (secondary N) is 1. The molecule has 2 heteroatoms. The SMILES string of the molecule is Cc1cc2c(ccc3c2ccc[n+]3C)[nH]1. The molecule has 74 valence electrons. The second kappa shape index (κ2) is 2.83. The summed E-state index contributed by atoms with van der Waals surface area (Å²) < 4.78 is 2.15. The van der Waals surface area contributed by atoms with Gasteiger partial charge in [-0.2, -0.15) is 0 Å². The monoisotopic (exact) mass is 197 g/mol. The molecule has 0 aliphatic rings. The lowest BCUT2D eigenvalue weighted by atomic mass is 10.1. The molecular weight excluding hydrogens is 184 g/mol. The van der Waals surface area contributed by atoms with E-state index >= 15 is 0 Å². The van der Waals surface area contributed by atoms with Gasteiger partial charge in [-0.15, -0.1) is 0 Å². The fraction of sp³-hybridized carbons (Fsp3) is 0.154. The van der Waals surface area contributed by atoms with Crippen LogP contribution < -0.4 is 4.57 Å². The number of benzene rings is 1. The summed E-state index contributed by atoms with van der Waals surface area (Å²) in [6.45, 7) is 2.09. The van der Waals surface area contributed by atoms with Gasteiger partial charge < -0.3 is 4.98 Å². The molecule has 2 heterocycles. The summed E-state index contributed by atoms with van der Waals surface area (Å²) in [5.74, 6) is 0. The van der Waals surface area contributed by atoms with Crippen LogP contribution in [0.4, 0.5) is 0 Å². The third-order valence-electron chi connectivity index (χ3n) is 2.91. The topological polar surface area (TPSA) is 19.7 Å². The van der Waals surface area contributed by atoms with Gasteiger partial charge in [0.1, 0.15) is 7.05 Å². The van der Waals surface area contributed by atoms with Gasteiger partial charge in [0.05, 0.1) is 5.39 Å². The molecule has 0 saturated carbocycles. The van der Waals surface area contributed by atoms with E-state index in [1.165, 1.54) is 27.5 Å². The predicted octanol–water partition coefficient (Wildman–Crippen LogP) is 2.45. The minimum Gasteiger partial charge on any atom is -0.359 e. The maximum absolute atomic E-state index is 3.36. The standard InChI is InChI=1S/C13H12N2/c1-9-8-11-10-4-3-7-15(2)13(10)6-5-12(11)14-9/h3-8H,1-2H3/p+1. The van der Waals surface area contributed by atoms with E-state index in [1.807, 2.05) is 0 Å². The van der Waals surface area contributed by atoms with E-state index < -0.39 is 0 Å². The van der Waals surface area contributed by atoms with Crippen molar-refractivity contribution in [2.24, 2.45) is 7.05 Å². The Labute approximate surface area is 88.2 Å². The minimum atomic E-state index is 1.21. The van der Waals surface area contributed by atoms with Crippen molar-refractivity contribution in [3.05, 3.63) is 42.2 Å². The molecule has 3 rings (SSSR count). The Morgan fingerprint density at radius 1 is 1.13 bits per heavy atom. The Hall–Kier alpha value is -1.83. The van der Waals surface area contributed by atoms with Crippen LogP contribution in [0.25, 0.3) is 21.8 Å². The van der Waals surface area contributed by atoms with Crippen LogP contribution in [0.15, 0.2) is 36.5 Å². The zero-order valence-corrected chi connectivity index (χ0v) is 8.91. The Morgan fingerprint density at radius 3 is 2.87 bits per heavy atom. The Morgan fingerprint density at radius 2 is 2.00 bits per heavy atom. The minimum absolute atomic E-state index is 1.21. The largest absolute Gasteiger partial charge is 0.359 e. The first-order valence-corrected chi connectivity index (χ1v) is 5.12. The number of aromatic nitrogens is 2. The molecule has 0 unspecified atom stereocenters. The maximum atomic E-state index is 3.36.